The topological polar surface area (TPSA) is 17.1 Å². The molecule has 0 rings (SSSR count). The summed E-state index contributed by atoms with van der Waals surface area (Å²) in [5.74, 6) is 1.22. The van der Waals surface area contributed by atoms with Gasteiger partial charge in [-0.2, -0.15) is 0 Å². The summed E-state index contributed by atoms with van der Waals surface area (Å²) < 4.78 is 0. The fourth-order valence-corrected chi connectivity index (χ4v) is 2.63. The first-order valence-corrected chi connectivity index (χ1v) is 8.72. The van der Waals surface area contributed by atoms with Gasteiger partial charge in [-0.3, -0.25) is 4.79 Å². The molecule has 0 radical (unpaired) electrons. The Morgan fingerprint density at radius 2 is 1.32 bits per heavy atom. The number of rotatable bonds is 14. The molecule has 1 heteroatoms. The van der Waals surface area contributed by atoms with Crippen molar-refractivity contribution in [3.05, 3.63) is 0 Å². The third-order valence-electron chi connectivity index (χ3n) is 4.01. The van der Waals surface area contributed by atoms with Crippen LogP contribution in [0, 0.1) is 5.92 Å². The van der Waals surface area contributed by atoms with Crippen LogP contribution in [0.2, 0.25) is 0 Å². The Balaban J connectivity index is 3.25. The largest absolute Gasteiger partial charge is 0.300 e. The molecule has 0 aromatic heterocycles. The van der Waals surface area contributed by atoms with Crippen LogP contribution in [-0.4, -0.2) is 5.78 Å². The second-order valence-corrected chi connectivity index (χ2v) is 6.20. The van der Waals surface area contributed by atoms with Crippen molar-refractivity contribution in [1.82, 2.24) is 0 Å². The van der Waals surface area contributed by atoms with Crippen LogP contribution in [0.4, 0.5) is 0 Å². The zero-order chi connectivity index (χ0) is 14.3. The molecule has 0 aliphatic carbocycles. The molecular formula is C18H36O. The molecule has 1 atom stereocenters. The van der Waals surface area contributed by atoms with E-state index in [1.807, 2.05) is 0 Å². The van der Waals surface area contributed by atoms with Crippen LogP contribution in [0.3, 0.4) is 0 Å². The van der Waals surface area contributed by atoms with Crippen LogP contribution in [0.1, 0.15) is 104 Å². The zero-order valence-electron chi connectivity index (χ0n) is 13.7. The predicted molar refractivity (Wildman–Crippen MR) is 85.5 cm³/mol. The number of carbonyl (C=O) groups is 1. The first-order chi connectivity index (χ1) is 9.20. The van der Waals surface area contributed by atoms with Crippen LogP contribution >= 0.6 is 0 Å². The molecular weight excluding hydrogens is 232 g/mol. The third-order valence-corrected chi connectivity index (χ3v) is 4.01. The van der Waals surface area contributed by atoms with E-state index in [0.29, 0.717) is 5.78 Å². The van der Waals surface area contributed by atoms with Gasteiger partial charge in [0.25, 0.3) is 0 Å². The number of hydrogen-bond donors (Lipinski definition) is 0. The van der Waals surface area contributed by atoms with Gasteiger partial charge in [-0.05, 0) is 18.8 Å². The summed E-state index contributed by atoms with van der Waals surface area (Å²) in [6.07, 6.45) is 15.8. The molecule has 0 N–H and O–H groups in total. The van der Waals surface area contributed by atoms with Crippen LogP contribution < -0.4 is 0 Å². The van der Waals surface area contributed by atoms with E-state index in [-0.39, 0.29) is 0 Å². The van der Waals surface area contributed by atoms with Gasteiger partial charge in [0.05, 0.1) is 0 Å². The summed E-state index contributed by atoms with van der Waals surface area (Å²) in [5, 5.41) is 0. The predicted octanol–water partition coefficient (Wildman–Crippen LogP) is 6.30. The van der Waals surface area contributed by atoms with E-state index in [2.05, 4.69) is 20.8 Å². The molecule has 0 bridgehead atoms. The maximum atomic E-state index is 11.7. The molecule has 0 amide bonds. The summed E-state index contributed by atoms with van der Waals surface area (Å²) in [7, 11) is 0. The molecule has 19 heavy (non-hydrogen) atoms. The average Bonchev–Trinajstić information content (AvgIpc) is 2.40. The van der Waals surface area contributed by atoms with Crippen molar-refractivity contribution in [2.75, 3.05) is 0 Å². The van der Waals surface area contributed by atoms with E-state index in [1.54, 1.807) is 0 Å². The molecule has 0 aliphatic heterocycles. The smallest absolute Gasteiger partial charge is 0.132 e. The van der Waals surface area contributed by atoms with E-state index in [0.717, 1.165) is 31.6 Å². The van der Waals surface area contributed by atoms with E-state index in [9.17, 15) is 4.79 Å². The van der Waals surface area contributed by atoms with Crippen molar-refractivity contribution in [2.24, 2.45) is 5.92 Å². The van der Waals surface area contributed by atoms with Gasteiger partial charge in [0, 0.05) is 12.8 Å². The molecule has 0 spiro atoms. The van der Waals surface area contributed by atoms with E-state index in [1.165, 1.54) is 57.8 Å². The van der Waals surface area contributed by atoms with Crippen LogP contribution in [0.25, 0.3) is 0 Å². The third kappa shape index (κ3) is 13.9. The summed E-state index contributed by atoms with van der Waals surface area (Å²) >= 11 is 0. The summed E-state index contributed by atoms with van der Waals surface area (Å²) in [6.45, 7) is 6.75. The maximum absolute atomic E-state index is 11.7. The zero-order valence-corrected chi connectivity index (χ0v) is 13.7. The number of hydrogen-bond acceptors (Lipinski definition) is 1. The lowest BCUT2D eigenvalue weighted by Crippen LogP contribution is -2.02. The Morgan fingerprint density at radius 3 is 1.89 bits per heavy atom. The number of carbonyl (C=O) groups excluding carboxylic acids is 1. The van der Waals surface area contributed by atoms with Gasteiger partial charge < -0.3 is 0 Å². The second kappa shape index (κ2) is 14.1. The molecule has 1 nitrogen and oxygen atoms in total. The van der Waals surface area contributed by atoms with Crippen LogP contribution in [0.5, 0.6) is 0 Å². The average molecular weight is 268 g/mol. The van der Waals surface area contributed by atoms with Crippen LogP contribution in [0.15, 0.2) is 0 Å². The van der Waals surface area contributed by atoms with Crippen molar-refractivity contribution in [1.29, 1.82) is 0 Å². The molecule has 0 aliphatic rings. The number of Topliss-reactive ketones (excluding diaryl/α,β-unsaturated/α-hetero) is 1. The molecule has 0 aromatic carbocycles. The highest BCUT2D eigenvalue weighted by molar-refractivity contribution is 5.78. The quantitative estimate of drug-likeness (QED) is 0.338. The van der Waals surface area contributed by atoms with Crippen molar-refractivity contribution in [2.45, 2.75) is 104 Å². The highest BCUT2D eigenvalue weighted by atomic mass is 16.1. The molecule has 0 saturated carbocycles. The minimum atomic E-state index is 0.494. The summed E-state index contributed by atoms with van der Waals surface area (Å²) in [4.78, 5) is 11.7. The van der Waals surface area contributed by atoms with Crippen molar-refractivity contribution in [3.8, 4) is 0 Å². The van der Waals surface area contributed by atoms with Gasteiger partial charge >= 0.3 is 0 Å². The fourth-order valence-electron chi connectivity index (χ4n) is 2.63. The minimum Gasteiger partial charge on any atom is -0.300 e. The van der Waals surface area contributed by atoms with Crippen molar-refractivity contribution in [3.63, 3.8) is 0 Å². The Hall–Kier alpha value is -0.330. The first kappa shape index (κ1) is 18.7. The van der Waals surface area contributed by atoms with Gasteiger partial charge in [0.2, 0.25) is 0 Å². The summed E-state index contributed by atoms with van der Waals surface area (Å²) in [6, 6.07) is 0. The van der Waals surface area contributed by atoms with Crippen LogP contribution in [-0.2, 0) is 4.79 Å². The molecule has 1 unspecified atom stereocenters. The lowest BCUT2D eigenvalue weighted by atomic mass is 9.97. The van der Waals surface area contributed by atoms with Crippen molar-refractivity contribution >= 4 is 5.78 Å². The lowest BCUT2D eigenvalue weighted by molar-refractivity contribution is -0.119. The van der Waals surface area contributed by atoms with Gasteiger partial charge in [-0.25, -0.2) is 0 Å². The van der Waals surface area contributed by atoms with E-state index < -0.39 is 0 Å². The SMILES string of the molecule is CCCCCCCCCCC(=O)CCC(C)CCC. The maximum Gasteiger partial charge on any atom is 0.132 e. The number of ketones is 1. The molecule has 0 aromatic rings. The molecule has 0 heterocycles. The normalized spacial score (nSPS) is 12.6. The second-order valence-electron chi connectivity index (χ2n) is 6.20. The minimum absolute atomic E-state index is 0.494. The number of unbranched alkanes of at least 4 members (excludes halogenated alkanes) is 7. The summed E-state index contributed by atoms with van der Waals surface area (Å²) in [5.41, 5.74) is 0. The monoisotopic (exact) mass is 268 g/mol. The highest BCUT2D eigenvalue weighted by Gasteiger charge is 2.06. The van der Waals surface area contributed by atoms with Gasteiger partial charge in [0.15, 0.2) is 0 Å². The molecule has 114 valence electrons. The Bertz CT molecular complexity index is 198. The van der Waals surface area contributed by atoms with Gasteiger partial charge in [-0.15, -0.1) is 0 Å². The van der Waals surface area contributed by atoms with E-state index >= 15 is 0 Å². The van der Waals surface area contributed by atoms with Gasteiger partial charge in [-0.1, -0.05) is 78.6 Å². The van der Waals surface area contributed by atoms with Crippen molar-refractivity contribution < 1.29 is 4.79 Å². The highest BCUT2D eigenvalue weighted by Crippen LogP contribution is 2.15. The Kier molecular flexibility index (Phi) is 13.8. The standard InChI is InChI=1S/C18H36O/c1-4-6-7-8-9-10-11-12-14-18(19)16-15-17(3)13-5-2/h17H,4-16H2,1-3H3. The molecule has 0 saturated heterocycles. The van der Waals surface area contributed by atoms with Gasteiger partial charge in [0.1, 0.15) is 5.78 Å². The lowest BCUT2D eigenvalue weighted by Gasteiger charge is -2.08. The molecule has 0 fully saturated rings. The van der Waals surface area contributed by atoms with E-state index in [4.69, 9.17) is 0 Å². The first-order valence-electron chi connectivity index (χ1n) is 8.72. The Labute approximate surface area is 121 Å². The Morgan fingerprint density at radius 1 is 0.737 bits per heavy atom. The fraction of sp³-hybridized carbons (Fsp3) is 0.944.